The summed E-state index contributed by atoms with van der Waals surface area (Å²) < 4.78 is 0. The summed E-state index contributed by atoms with van der Waals surface area (Å²) in [7, 11) is 0. The van der Waals surface area contributed by atoms with Crippen molar-refractivity contribution in [3.05, 3.63) is 50.4 Å². The average molecular weight is 378 g/mol. The fourth-order valence-electron chi connectivity index (χ4n) is 2.89. The van der Waals surface area contributed by atoms with Gasteiger partial charge in [0.2, 0.25) is 5.91 Å². The summed E-state index contributed by atoms with van der Waals surface area (Å²) in [5, 5.41) is 3.70. The van der Waals surface area contributed by atoms with Gasteiger partial charge < -0.3 is 10.3 Å². The predicted octanol–water partition coefficient (Wildman–Crippen LogP) is 3.73. The van der Waals surface area contributed by atoms with Crippen LogP contribution < -0.4 is 10.9 Å². The second kappa shape index (κ2) is 7.62. The van der Waals surface area contributed by atoms with Crippen LogP contribution in [0.3, 0.4) is 0 Å². The summed E-state index contributed by atoms with van der Waals surface area (Å²) in [5.41, 5.74) is 3.11. The standard InChI is InChI=1S/C18H20ClN3O2S/c1-3-15(17(24)20-13-8-5-7-12(19)10(13)2)25-18-21-14-9-4-6-11(14)16(23)22-18/h5,7-8,15H,3-4,6,9H2,1-2H3,(H,20,24)(H,21,22,23). The SMILES string of the molecule is CCC(Sc1nc2c(c(=O)[nH]1)CCC2)C(=O)Nc1cccc(Cl)c1C. The van der Waals surface area contributed by atoms with E-state index in [9.17, 15) is 9.59 Å². The van der Waals surface area contributed by atoms with Gasteiger partial charge in [0, 0.05) is 16.3 Å². The molecule has 1 aromatic heterocycles. The zero-order valence-electron chi connectivity index (χ0n) is 14.2. The molecule has 0 saturated carbocycles. The van der Waals surface area contributed by atoms with Gasteiger partial charge in [-0.15, -0.1) is 0 Å². The van der Waals surface area contributed by atoms with Crippen molar-refractivity contribution >= 4 is 35.0 Å². The molecule has 0 aliphatic heterocycles. The van der Waals surface area contributed by atoms with Gasteiger partial charge in [-0.2, -0.15) is 0 Å². The highest BCUT2D eigenvalue weighted by Crippen LogP contribution is 2.27. The first-order valence-electron chi connectivity index (χ1n) is 8.34. The molecular formula is C18H20ClN3O2S. The molecule has 1 unspecified atom stereocenters. The molecular weight excluding hydrogens is 358 g/mol. The van der Waals surface area contributed by atoms with E-state index >= 15 is 0 Å². The number of aryl methyl sites for hydroxylation is 1. The van der Waals surface area contributed by atoms with Crippen LogP contribution in [0, 0.1) is 6.92 Å². The number of nitrogens with zero attached hydrogens (tertiary/aromatic N) is 1. The summed E-state index contributed by atoms with van der Waals surface area (Å²) in [6.07, 6.45) is 3.20. The van der Waals surface area contributed by atoms with E-state index in [1.165, 1.54) is 11.8 Å². The average Bonchev–Trinajstić information content (AvgIpc) is 3.06. The molecule has 132 valence electrons. The van der Waals surface area contributed by atoms with Gasteiger partial charge in [-0.25, -0.2) is 4.98 Å². The number of aromatic nitrogens is 2. The van der Waals surface area contributed by atoms with E-state index in [0.717, 1.165) is 36.1 Å². The van der Waals surface area contributed by atoms with Crippen molar-refractivity contribution < 1.29 is 4.79 Å². The number of carbonyl (C=O) groups is 1. The van der Waals surface area contributed by atoms with E-state index in [2.05, 4.69) is 15.3 Å². The number of nitrogens with one attached hydrogen (secondary N) is 2. The molecule has 1 atom stereocenters. The number of carbonyl (C=O) groups excluding carboxylic acids is 1. The first-order chi connectivity index (χ1) is 12.0. The second-order valence-corrected chi connectivity index (χ2v) is 7.66. The number of benzene rings is 1. The Balaban J connectivity index is 1.76. The number of amides is 1. The Hall–Kier alpha value is -1.79. The van der Waals surface area contributed by atoms with Crippen LogP contribution in [-0.2, 0) is 17.6 Å². The molecule has 1 aliphatic rings. The van der Waals surface area contributed by atoms with Crippen LogP contribution in [0.25, 0.3) is 0 Å². The monoisotopic (exact) mass is 377 g/mol. The molecule has 0 bridgehead atoms. The van der Waals surface area contributed by atoms with E-state index in [-0.39, 0.29) is 16.7 Å². The molecule has 2 N–H and O–H groups in total. The molecule has 5 nitrogen and oxygen atoms in total. The molecule has 3 rings (SSSR count). The van der Waals surface area contributed by atoms with Gasteiger partial charge in [0.05, 0.1) is 10.9 Å². The van der Waals surface area contributed by atoms with Gasteiger partial charge in [-0.05, 0) is 50.3 Å². The first kappa shape index (κ1) is 18.0. The third kappa shape index (κ3) is 3.90. The number of hydrogen-bond donors (Lipinski definition) is 2. The maximum Gasteiger partial charge on any atom is 0.254 e. The Labute approximate surface area is 155 Å². The maximum atomic E-state index is 12.6. The molecule has 25 heavy (non-hydrogen) atoms. The third-order valence-corrected chi connectivity index (χ3v) is 6.02. The molecule has 0 radical (unpaired) electrons. The summed E-state index contributed by atoms with van der Waals surface area (Å²) in [5.74, 6) is -0.124. The van der Waals surface area contributed by atoms with Crippen LogP contribution in [0.1, 0.15) is 36.6 Å². The Kier molecular flexibility index (Phi) is 5.49. The lowest BCUT2D eigenvalue weighted by Crippen LogP contribution is -2.26. The molecule has 0 spiro atoms. The molecule has 7 heteroatoms. The van der Waals surface area contributed by atoms with Crippen molar-refractivity contribution in [1.82, 2.24) is 9.97 Å². The van der Waals surface area contributed by atoms with Crippen molar-refractivity contribution in [3.63, 3.8) is 0 Å². The molecule has 1 aromatic carbocycles. The summed E-state index contributed by atoms with van der Waals surface area (Å²) in [4.78, 5) is 32.1. The number of anilines is 1. The smallest absolute Gasteiger partial charge is 0.254 e. The van der Waals surface area contributed by atoms with Gasteiger partial charge in [-0.3, -0.25) is 9.59 Å². The largest absolute Gasteiger partial charge is 0.325 e. The van der Waals surface area contributed by atoms with Crippen LogP contribution >= 0.6 is 23.4 Å². The normalized spacial score (nSPS) is 14.2. The number of aromatic amines is 1. The van der Waals surface area contributed by atoms with E-state index in [1.807, 2.05) is 19.9 Å². The first-order valence-corrected chi connectivity index (χ1v) is 9.60. The highest BCUT2D eigenvalue weighted by Gasteiger charge is 2.23. The predicted molar refractivity (Wildman–Crippen MR) is 102 cm³/mol. The Bertz CT molecular complexity index is 866. The number of hydrogen-bond acceptors (Lipinski definition) is 4. The van der Waals surface area contributed by atoms with Crippen LogP contribution in [0.2, 0.25) is 5.02 Å². The van der Waals surface area contributed by atoms with Crippen LogP contribution in [0.5, 0.6) is 0 Å². The minimum atomic E-state index is -0.346. The van der Waals surface area contributed by atoms with E-state index < -0.39 is 0 Å². The highest BCUT2D eigenvalue weighted by molar-refractivity contribution is 8.00. The Morgan fingerprint density at radius 1 is 1.44 bits per heavy atom. The molecule has 1 amide bonds. The van der Waals surface area contributed by atoms with E-state index in [1.54, 1.807) is 12.1 Å². The van der Waals surface area contributed by atoms with Crippen molar-refractivity contribution in [2.45, 2.75) is 49.9 Å². The molecule has 0 fully saturated rings. The number of halogens is 1. The Morgan fingerprint density at radius 3 is 3.00 bits per heavy atom. The van der Waals surface area contributed by atoms with Gasteiger partial charge in [-0.1, -0.05) is 36.4 Å². The van der Waals surface area contributed by atoms with Crippen molar-refractivity contribution in [1.29, 1.82) is 0 Å². The molecule has 1 heterocycles. The highest BCUT2D eigenvalue weighted by atomic mass is 35.5. The van der Waals surface area contributed by atoms with Crippen LogP contribution in [0.4, 0.5) is 5.69 Å². The van der Waals surface area contributed by atoms with E-state index in [0.29, 0.717) is 22.3 Å². The lowest BCUT2D eigenvalue weighted by atomic mass is 10.2. The molecule has 1 aliphatic carbocycles. The third-order valence-electron chi connectivity index (χ3n) is 4.36. The fraction of sp³-hybridized carbons (Fsp3) is 0.389. The lowest BCUT2D eigenvalue weighted by molar-refractivity contribution is -0.115. The fourth-order valence-corrected chi connectivity index (χ4v) is 3.98. The number of fused-ring (bicyclic) bond motifs is 1. The minimum absolute atomic E-state index is 0.0778. The van der Waals surface area contributed by atoms with Crippen molar-refractivity contribution in [2.75, 3.05) is 5.32 Å². The van der Waals surface area contributed by atoms with Crippen LogP contribution in [0.15, 0.2) is 28.2 Å². The number of rotatable bonds is 5. The summed E-state index contributed by atoms with van der Waals surface area (Å²) in [6.45, 7) is 3.80. The van der Waals surface area contributed by atoms with Crippen LogP contribution in [-0.4, -0.2) is 21.1 Å². The lowest BCUT2D eigenvalue weighted by Gasteiger charge is -2.16. The van der Waals surface area contributed by atoms with Crippen molar-refractivity contribution in [2.24, 2.45) is 0 Å². The number of H-pyrrole nitrogens is 1. The van der Waals surface area contributed by atoms with Gasteiger partial charge in [0.25, 0.3) is 5.56 Å². The zero-order valence-corrected chi connectivity index (χ0v) is 15.8. The quantitative estimate of drug-likeness (QED) is 0.615. The van der Waals surface area contributed by atoms with E-state index in [4.69, 9.17) is 11.6 Å². The summed E-state index contributed by atoms with van der Waals surface area (Å²) >= 11 is 7.40. The zero-order chi connectivity index (χ0) is 18.0. The van der Waals surface area contributed by atoms with Gasteiger partial charge in [0.1, 0.15) is 0 Å². The summed E-state index contributed by atoms with van der Waals surface area (Å²) in [6, 6.07) is 5.42. The van der Waals surface area contributed by atoms with Gasteiger partial charge >= 0.3 is 0 Å². The van der Waals surface area contributed by atoms with Gasteiger partial charge in [0.15, 0.2) is 5.16 Å². The minimum Gasteiger partial charge on any atom is -0.325 e. The van der Waals surface area contributed by atoms with Crippen molar-refractivity contribution in [3.8, 4) is 0 Å². The molecule has 0 saturated heterocycles. The second-order valence-electron chi connectivity index (χ2n) is 6.07. The maximum absolute atomic E-state index is 12.6. The topological polar surface area (TPSA) is 74.8 Å². The number of thioether (sulfide) groups is 1. The molecule has 2 aromatic rings. The Morgan fingerprint density at radius 2 is 2.24 bits per heavy atom.